The van der Waals surface area contributed by atoms with Gasteiger partial charge in [0.15, 0.2) is 0 Å². The average molecular weight is 204 g/mol. The lowest BCUT2D eigenvalue weighted by molar-refractivity contribution is -0.141. The Hall–Kier alpha value is -1.17. The molecule has 0 aromatic carbocycles. The molecule has 0 bridgehead atoms. The lowest BCUT2D eigenvalue weighted by Gasteiger charge is -2.16. The molecule has 1 unspecified atom stereocenters. The molecule has 1 N–H and O–H groups in total. The van der Waals surface area contributed by atoms with Crippen LogP contribution in [0.1, 0.15) is 13.8 Å². The minimum Gasteiger partial charge on any atom is -0.481 e. The van der Waals surface area contributed by atoms with Crippen molar-refractivity contribution in [1.82, 2.24) is 5.01 Å². The van der Waals surface area contributed by atoms with Crippen molar-refractivity contribution >= 4 is 5.97 Å². The van der Waals surface area contributed by atoms with Crippen LogP contribution < -0.4 is 0 Å². The summed E-state index contributed by atoms with van der Waals surface area (Å²) in [6.07, 6.45) is 0. The van der Waals surface area contributed by atoms with E-state index in [0.29, 0.717) is 19.8 Å². The van der Waals surface area contributed by atoms with Gasteiger partial charge in [0.25, 0.3) is 0 Å². The van der Waals surface area contributed by atoms with E-state index in [9.17, 15) is 9.70 Å². The fourth-order valence-corrected chi connectivity index (χ4v) is 0.874. The van der Waals surface area contributed by atoms with Crippen LogP contribution in [-0.4, -0.2) is 42.4 Å². The Morgan fingerprint density at radius 1 is 1.64 bits per heavy atom. The van der Waals surface area contributed by atoms with Crippen LogP contribution in [0, 0.1) is 10.8 Å². The molecule has 82 valence electrons. The second kappa shape index (κ2) is 7.25. The minimum atomic E-state index is -0.935. The zero-order chi connectivity index (χ0) is 11.0. The first-order valence-electron chi connectivity index (χ1n) is 4.50. The summed E-state index contributed by atoms with van der Waals surface area (Å²) in [5.74, 6) is -1.54. The monoisotopic (exact) mass is 204 g/mol. The third-order valence-corrected chi connectivity index (χ3v) is 1.72. The van der Waals surface area contributed by atoms with Crippen molar-refractivity contribution in [2.75, 3.05) is 26.3 Å². The topological polar surface area (TPSA) is 79.2 Å². The Kier molecular flexibility index (Phi) is 6.65. The number of hydrogen-bond donors (Lipinski definition) is 1. The highest BCUT2D eigenvalue weighted by Gasteiger charge is 2.15. The van der Waals surface area contributed by atoms with Gasteiger partial charge in [0, 0.05) is 6.61 Å². The number of carboxylic acid groups (broad SMARTS) is 1. The largest absolute Gasteiger partial charge is 0.481 e. The van der Waals surface area contributed by atoms with Gasteiger partial charge in [-0.15, -0.1) is 4.91 Å². The van der Waals surface area contributed by atoms with Crippen molar-refractivity contribution < 1.29 is 14.6 Å². The maximum Gasteiger partial charge on any atom is 0.308 e. The summed E-state index contributed by atoms with van der Waals surface area (Å²) in [7, 11) is 0. The Balaban J connectivity index is 3.78. The molecule has 0 saturated heterocycles. The van der Waals surface area contributed by atoms with Gasteiger partial charge in [0.2, 0.25) is 0 Å². The maximum atomic E-state index is 10.5. The van der Waals surface area contributed by atoms with Crippen molar-refractivity contribution in [1.29, 1.82) is 0 Å². The Morgan fingerprint density at radius 2 is 2.29 bits per heavy atom. The molecule has 6 heteroatoms. The van der Waals surface area contributed by atoms with Crippen LogP contribution >= 0.6 is 0 Å². The summed E-state index contributed by atoms with van der Waals surface area (Å²) < 4.78 is 5.02. The van der Waals surface area contributed by atoms with Crippen molar-refractivity contribution in [3.63, 3.8) is 0 Å². The predicted octanol–water partition coefficient (Wildman–Crippen LogP) is 0.727. The van der Waals surface area contributed by atoms with Gasteiger partial charge in [0.05, 0.1) is 30.9 Å². The van der Waals surface area contributed by atoms with Gasteiger partial charge < -0.3 is 9.84 Å². The smallest absolute Gasteiger partial charge is 0.308 e. The van der Waals surface area contributed by atoms with Crippen LogP contribution in [0.15, 0.2) is 5.29 Å². The zero-order valence-electron chi connectivity index (χ0n) is 8.47. The molecule has 14 heavy (non-hydrogen) atoms. The van der Waals surface area contributed by atoms with Crippen molar-refractivity contribution in [3.8, 4) is 0 Å². The summed E-state index contributed by atoms with van der Waals surface area (Å²) in [5, 5.41) is 12.5. The van der Waals surface area contributed by atoms with Gasteiger partial charge in [-0.05, 0) is 6.92 Å². The highest BCUT2D eigenvalue weighted by Crippen LogP contribution is 2.00. The van der Waals surface area contributed by atoms with E-state index in [0.717, 1.165) is 5.01 Å². The van der Waals surface area contributed by atoms with E-state index in [1.165, 1.54) is 6.92 Å². The predicted molar refractivity (Wildman–Crippen MR) is 50.7 cm³/mol. The van der Waals surface area contributed by atoms with Gasteiger partial charge in [-0.1, -0.05) is 6.92 Å². The highest BCUT2D eigenvalue weighted by atomic mass is 16.5. The quantitative estimate of drug-likeness (QED) is 0.358. The second-order valence-electron chi connectivity index (χ2n) is 2.93. The van der Waals surface area contributed by atoms with E-state index in [-0.39, 0.29) is 6.54 Å². The third-order valence-electron chi connectivity index (χ3n) is 1.72. The molecule has 0 aromatic heterocycles. The summed E-state index contributed by atoms with van der Waals surface area (Å²) in [4.78, 5) is 20.8. The van der Waals surface area contributed by atoms with Crippen LogP contribution in [0.5, 0.6) is 0 Å². The third kappa shape index (κ3) is 5.47. The molecule has 0 aliphatic rings. The lowest BCUT2D eigenvalue weighted by atomic mass is 10.2. The maximum absolute atomic E-state index is 10.5. The Bertz CT molecular complexity index is 186. The molecule has 0 aliphatic heterocycles. The fourth-order valence-electron chi connectivity index (χ4n) is 0.874. The molecule has 0 fully saturated rings. The molecular weight excluding hydrogens is 188 g/mol. The summed E-state index contributed by atoms with van der Waals surface area (Å²) in [5.41, 5.74) is 0. The van der Waals surface area contributed by atoms with Crippen LogP contribution in [0.2, 0.25) is 0 Å². The second-order valence-corrected chi connectivity index (χ2v) is 2.93. The van der Waals surface area contributed by atoms with Crippen molar-refractivity contribution in [3.05, 3.63) is 4.91 Å². The SMILES string of the molecule is CCOCCN(CC(C)C(=O)O)N=O. The number of hydrogen-bond acceptors (Lipinski definition) is 4. The molecule has 0 heterocycles. The summed E-state index contributed by atoms with van der Waals surface area (Å²) in [6.45, 7) is 4.77. The van der Waals surface area contributed by atoms with Gasteiger partial charge in [0.1, 0.15) is 0 Å². The molecule has 0 saturated carbocycles. The number of nitroso groups, excluding NO2 is 1. The highest BCUT2D eigenvalue weighted by molar-refractivity contribution is 5.69. The average Bonchev–Trinajstić information content (AvgIpc) is 2.16. The fraction of sp³-hybridized carbons (Fsp3) is 0.875. The standard InChI is InChI=1S/C8H16N2O4/c1-3-14-5-4-10(9-13)6-7(2)8(11)12/h7H,3-6H2,1-2H3,(H,11,12). The first-order chi connectivity index (χ1) is 6.61. The van der Waals surface area contributed by atoms with Gasteiger partial charge >= 0.3 is 5.97 Å². The summed E-state index contributed by atoms with van der Waals surface area (Å²) in [6, 6.07) is 0. The molecule has 0 radical (unpaired) electrons. The van der Waals surface area contributed by atoms with E-state index in [4.69, 9.17) is 9.84 Å². The van der Waals surface area contributed by atoms with Gasteiger partial charge in [-0.25, -0.2) is 0 Å². The number of carbonyl (C=O) groups is 1. The molecule has 0 amide bonds. The first kappa shape index (κ1) is 12.8. The van der Waals surface area contributed by atoms with E-state index in [2.05, 4.69) is 5.29 Å². The van der Waals surface area contributed by atoms with E-state index in [1.54, 1.807) is 0 Å². The minimum absolute atomic E-state index is 0.117. The van der Waals surface area contributed by atoms with Gasteiger partial charge in [-0.2, -0.15) is 0 Å². The van der Waals surface area contributed by atoms with Crippen LogP contribution in [0.4, 0.5) is 0 Å². The molecule has 0 aromatic rings. The first-order valence-corrected chi connectivity index (χ1v) is 4.50. The molecule has 0 aliphatic carbocycles. The number of aliphatic carboxylic acids is 1. The number of ether oxygens (including phenoxy) is 1. The Labute approximate surface area is 82.8 Å². The number of carboxylic acids is 1. The number of rotatable bonds is 8. The lowest BCUT2D eigenvalue weighted by Crippen LogP contribution is -2.30. The number of nitrogens with zero attached hydrogens (tertiary/aromatic N) is 2. The van der Waals surface area contributed by atoms with Crippen LogP contribution in [0.3, 0.4) is 0 Å². The molecule has 6 nitrogen and oxygen atoms in total. The van der Waals surface area contributed by atoms with Crippen molar-refractivity contribution in [2.45, 2.75) is 13.8 Å². The molecule has 0 rings (SSSR count). The van der Waals surface area contributed by atoms with Crippen LogP contribution in [-0.2, 0) is 9.53 Å². The van der Waals surface area contributed by atoms with Crippen molar-refractivity contribution in [2.24, 2.45) is 11.2 Å². The van der Waals surface area contributed by atoms with E-state index < -0.39 is 11.9 Å². The van der Waals surface area contributed by atoms with Crippen LogP contribution in [0.25, 0.3) is 0 Å². The normalized spacial score (nSPS) is 12.1. The zero-order valence-corrected chi connectivity index (χ0v) is 8.47. The van der Waals surface area contributed by atoms with Gasteiger partial charge in [-0.3, -0.25) is 9.80 Å². The van der Waals surface area contributed by atoms with E-state index in [1.807, 2.05) is 6.92 Å². The molecule has 1 atom stereocenters. The molecular formula is C8H16N2O4. The molecule has 0 spiro atoms. The summed E-state index contributed by atoms with van der Waals surface area (Å²) >= 11 is 0. The van der Waals surface area contributed by atoms with E-state index >= 15 is 0 Å². The Morgan fingerprint density at radius 3 is 2.71 bits per heavy atom.